The normalized spacial score (nSPS) is 14.1. The van der Waals surface area contributed by atoms with Gasteiger partial charge in [-0.1, -0.05) is 6.92 Å². The van der Waals surface area contributed by atoms with Gasteiger partial charge in [0.1, 0.15) is 0 Å². The van der Waals surface area contributed by atoms with Gasteiger partial charge in [-0.05, 0) is 6.42 Å². The number of rotatable bonds is 5. The van der Waals surface area contributed by atoms with Crippen LogP contribution in [0.25, 0.3) is 0 Å². The molecule has 0 aliphatic carbocycles. The summed E-state index contributed by atoms with van der Waals surface area (Å²) in [5.41, 5.74) is 5.49. The Hall–Kier alpha value is 0.170. The van der Waals surface area contributed by atoms with Crippen molar-refractivity contribution in [2.24, 2.45) is 5.73 Å². The summed E-state index contributed by atoms with van der Waals surface area (Å²) in [5.74, 6) is 0.550. The summed E-state index contributed by atoms with van der Waals surface area (Å²) in [4.78, 5) is 0. The highest BCUT2D eigenvalue weighted by atomic mass is 32.2. The minimum atomic E-state index is -2.20. The molecule has 1 atom stereocenters. The molecular weight excluding hydrogens is 156 g/mol. The van der Waals surface area contributed by atoms with E-state index in [1.54, 1.807) is 0 Å². The van der Waals surface area contributed by atoms with Gasteiger partial charge in [0, 0.05) is 11.8 Å². The first-order chi connectivity index (χ1) is 4.66. The Morgan fingerprint density at radius 3 is 2.40 bits per heavy atom. The van der Waals surface area contributed by atoms with Crippen LogP contribution >= 0.6 is 11.8 Å². The van der Waals surface area contributed by atoms with Crippen LogP contribution in [0.15, 0.2) is 0 Å². The van der Waals surface area contributed by atoms with E-state index in [4.69, 9.17) is 5.73 Å². The predicted molar refractivity (Wildman–Crippen MR) is 41.6 cm³/mol. The molecule has 0 aliphatic rings. The molecule has 0 fully saturated rings. The van der Waals surface area contributed by atoms with E-state index in [0.717, 1.165) is 6.42 Å². The molecule has 62 valence electrons. The Balaban J connectivity index is 3.03. The highest BCUT2D eigenvalue weighted by molar-refractivity contribution is 7.99. The zero-order valence-electron chi connectivity index (χ0n) is 6.02. The number of thioether (sulfide) groups is 1. The highest BCUT2D eigenvalue weighted by Crippen LogP contribution is 2.08. The van der Waals surface area contributed by atoms with E-state index in [9.17, 15) is 8.78 Å². The molecule has 0 amide bonds. The average Bonchev–Trinajstić information content (AvgIpc) is 1.87. The molecule has 0 saturated carbocycles. The fraction of sp³-hybridized carbons (Fsp3) is 1.00. The van der Waals surface area contributed by atoms with Gasteiger partial charge < -0.3 is 5.73 Å². The van der Waals surface area contributed by atoms with Gasteiger partial charge in [0.15, 0.2) is 0 Å². The fourth-order valence-electron chi connectivity index (χ4n) is 0.426. The number of halogens is 2. The van der Waals surface area contributed by atoms with E-state index < -0.39 is 6.43 Å². The maximum absolute atomic E-state index is 11.5. The van der Waals surface area contributed by atoms with E-state index in [-0.39, 0.29) is 11.8 Å². The Kier molecular flexibility index (Phi) is 6.02. The maximum Gasteiger partial charge on any atom is 0.247 e. The van der Waals surface area contributed by atoms with Crippen molar-refractivity contribution in [3.63, 3.8) is 0 Å². The Labute approximate surface area is 64.4 Å². The minimum absolute atomic E-state index is 0.0729. The van der Waals surface area contributed by atoms with Crippen LogP contribution in [0.5, 0.6) is 0 Å². The van der Waals surface area contributed by atoms with E-state index in [1.165, 1.54) is 11.8 Å². The van der Waals surface area contributed by atoms with Crippen LogP contribution < -0.4 is 5.73 Å². The number of nitrogens with two attached hydrogens (primary N) is 1. The predicted octanol–water partition coefficient (Wildman–Crippen LogP) is 1.72. The van der Waals surface area contributed by atoms with Gasteiger partial charge in [0.2, 0.25) is 6.43 Å². The third-order valence-electron chi connectivity index (χ3n) is 1.10. The summed E-state index contributed by atoms with van der Waals surface area (Å²) in [6.07, 6.45) is -1.34. The van der Waals surface area contributed by atoms with Crippen molar-refractivity contribution in [1.29, 1.82) is 0 Å². The minimum Gasteiger partial charge on any atom is -0.327 e. The van der Waals surface area contributed by atoms with Gasteiger partial charge in [0.25, 0.3) is 0 Å². The summed E-state index contributed by atoms with van der Waals surface area (Å²) < 4.78 is 23.1. The molecule has 2 N–H and O–H groups in total. The van der Waals surface area contributed by atoms with Crippen molar-refractivity contribution in [2.45, 2.75) is 25.8 Å². The SMILES string of the molecule is CC[C@@H](N)CSCC(F)F. The molecule has 0 aromatic heterocycles. The van der Waals surface area contributed by atoms with Crippen LogP contribution in [-0.4, -0.2) is 24.0 Å². The Morgan fingerprint density at radius 1 is 1.40 bits per heavy atom. The molecule has 1 nitrogen and oxygen atoms in total. The van der Waals surface area contributed by atoms with E-state index >= 15 is 0 Å². The van der Waals surface area contributed by atoms with Crippen LogP contribution in [0.2, 0.25) is 0 Å². The van der Waals surface area contributed by atoms with Crippen molar-refractivity contribution in [3.8, 4) is 0 Å². The van der Waals surface area contributed by atoms with Gasteiger partial charge in [-0.25, -0.2) is 8.78 Å². The van der Waals surface area contributed by atoms with Crippen molar-refractivity contribution in [2.75, 3.05) is 11.5 Å². The molecule has 0 heterocycles. The second-order valence-corrected chi connectivity index (χ2v) is 3.17. The lowest BCUT2D eigenvalue weighted by molar-refractivity contribution is 0.177. The van der Waals surface area contributed by atoms with Gasteiger partial charge in [-0.2, -0.15) is 11.8 Å². The van der Waals surface area contributed by atoms with Gasteiger partial charge in [0.05, 0.1) is 5.75 Å². The summed E-state index contributed by atoms with van der Waals surface area (Å²) in [5, 5.41) is 0. The quantitative estimate of drug-likeness (QED) is 0.678. The third-order valence-corrected chi connectivity index (χ3v) is 2.25. The zero-order valence-corrected chi connectivity index (χ0v) is 6.83. The Bertz CT molecular complexity index is 80.1. The topological polar surface area (TPSA) is 26.0 Å². The standard InChI is InChI=1S/C6H13F2NS/c1-2-5(9)3-10-4-6(7)8/h5-6H,2-4,9H2,1H3/t5-/m1/s1. The average molecular weight is 169 g/mol. The Morgan fingerprint density at radius 2 is 2.00 bits per heavy atom. The first-order valence-corrected chi connectivity index (χ1v) is 4.43. The molecule has 0 aromatic rings. The summed E-state index contributed by atoms with van der Waals surface area (Å²) >= 11 is 1.22. The van der Waals surface area contributed by atoms with Crippen LogP contribution in [0.1, 0.15) is 13.3 Å². The van der Waals surface area contributed by atoms with E-state index in [0.29, 0.717) is 5.75 Å². The first-order valence-electron chi connectivity index (χ1n) is 3.28. The lowest BCUT2D eigenvalue weighted by Crippen LogP contribution is -2.21. The van der Waals surface area contributed by atoms with Gasteiger partial charge in [-0.3, -0.25) is 0 Å². The molecule has 0 aromatic carbocycles. The van der Waals surface area contributed by atoms with Crippen molar-refractivity contribution < 1.29 is 8.78 Å². The lowest BCUT2D eigenvalue weighted by atomic mass is 10.3. The highest BCUT2D eigenvalue weighted by Gasteiger charge is 2.04. The molecule has 0 unspecified atom stereocenters. The molecule has 0 saturated heterocycles. The van der Waals surface area contributed by atoms with Gasteiger partial charge in [-0.15, -0.1) is 0 Å². The second-order valence-electron chi connectivity index (χ2n) is 2.10. The van der Waals surface area contributed by atoms with Crippen LogP contribution in [-0.2, 0) is 0 Å². The molecule has 0 rings (SSSR count). The molecular formula is C6H13F2NS. The monoisotopic (exact) mass is 169 g/mol. The lowest BCUT2D eigenvalue weighted by Gasteiger charge is -2.06. The van der Waals surface area contributed by atoms with Crippen molar-refractivity contribution in [1.82, 2.24) is 0 Å². The fourth-order valence-corrected chi connectivity index (χ4v) is 1.28. The molecule has 0 aliphatic heterocycles. The van der Waals surface area contributed by atoms with E-state index in [2.05, 4.69) is 0 Å². The first kappa shape index (κ1) is 10.2. The molecule has 0 radical (unpaired) electrons. The maximum atomic E-state index is 11.5. The molecule has 0 spiro atoms. The largest absolute Gasteiger partial charge is 0.327 e. The number of alkyl halides is 2. The van der Waals surface area contributed by atoms with E-state index in [1.807, 2.05) is 6.92 Å². The summed E-state index contributed by atoms with van der Waals surface area (Å²) in [7, 11) is 0. The molecule has 4 heteroatoms. The van der Waals surface area contributed by atoms with Crippen LogP contribution in [0.3, 0.4) is 0 Å². The molecule has 10 heavy (non-hydrogen) atoms. The number of hydrogen-bond acceptors (Lipinski definition) is 2. The zero-order chi connectivity index (χ0) is 7.98. The van der Waals surface area contributed by atoms with Crippen LogP contribution in [0, 0.1) is 0 Å². The second kappa shape index (κ2) is 5.92. The van der Waals surface area contributed by atoms with Gasteiger partial charge >= 0.3 is 0 Å². The number of hydrogen-bond donors (Lipinski definition) is 1. The molecule has 0 bridgehead atoms. The summed E-state index contributed by atoms with van der Waals surface area (Å²) in [6, 6.07) is 0.0729. The van der Waals surface area contributed by atoms with Crippen molar-refractivity contribution >= 4 is 11.8 Å². The smallest absolute Gasteiger partial charge is 0.247 e. The third kappa shape index (κ3) is 6.29. The van der Waals surface area contributed by atoms with Crippen LogP contribution in [0.4, 0.5) is 8.78 Å². The van der Waals surface area contributed by atoms with Crippen molar-refractivity contribution in [3.05, 3.63) is 0 Å². The summed E-state index contributed by atoms with van der Waals surface area (Å²) in [6.45, 7) is 1.95.